The molecule has 172 valence electrons. The number of aryl methyl sites for hydroxylation is 1. The Hall–Kier alpha value is -4.00. The number of carbonyl (C=O) groups excluding carboxylic acids is 1. The van der Waals surface area contributed by atoms with E-state index in [0.717, 1.165) is 39.8 Å². The maximum absolute atomic E-state index is 13.8. The molecule has 1 aliphatic rings. The fraction of sp³-hybridized carbons (Fsp3) is 0.222. The Bertz CT molecular complexity index is 1430. The highest BCUT2D eigenvalue weighted by atomic mass is 19.1. The SMILES string of the molecule is Cc1cc(C(=O)O)ccc1CC(=O)N1CCc2c(n(Cc3cccc(F)c3)c3ncccc23)C1. The zero-order chi connectivity index (χ0) is 23.8. The Kier molecular flexibility index (Phi) is 5.61. The van der Waals surface area contributed by atoms with Crippen molar-refractivity contribution in [3.63, 3.8) is 0 Å². The highest BCUT2D eigenvalue weighted by molar-refractivity contribution is 5.88. The summed E-state index contributed by atoms with van der Waals surface area (Å²) in [5.41, 5.74) is 5.71. The third-order valence-electron chi connectivity index (χ3n) is 6.53. The molecule has 2 aromatic heterocycles. The minimum Gasteiger partial charge on any atom is -0.478 e. The van der Waals surface area contributed by atoms with Crippen LogP contribution in [-0.2, 0) is 30.7 Å². The van der Waals surface area contributed by atoms with E-state index in [1.54, 1.807) is 24.4 Å². The first-order chi connectivity index (χ1) is 16.4. The van der Waals surface area contributed by atoms with Crippen LogP contribution >= 0.6 is 0 Å². The lowest BCUT2D eigenvalue weighted by molar-refractivity contribution is -0.131. The second-order valence-electron chi connectivity index (χ2n) is 8.70. The fourth-order valence-electron chi connectivity index (χ4n) is 4.76. The van der Waals surface area contributed by atoms with Crippen molar-refractivity contribution in [2.45, 2.75) is 32.9 Å². The summed E-state index contributed by atoms with van der Waals surface area (Å²) in [6, 6.07) is 15.4. The quantitative estimate of drug-likeness (QED) is 0.483. The molecule has 0 bridgehead atoms. The smallest absolute Gasteiger partial charge is 0.335 e. The van der Waals surface area contributed by atoms with Gasteiger partial charge in [-0.1, -0.05) is 18.2 Å². The van der Waals surface area contributed by atoms with Gasteiger partial charge in [-0.3, -0.25) is 4.79 Å². The number of hydrogen-bond donors (Lipinski definition) is 1. The lowest BCUT2D eigenvalue weighted by Crippen LogP contribution is -2.37. The van der Waals surface area contributed by atoms with E-state index in [1.807, 2.05) is 30.0 Å². The summed E-state index contributed by atoms with van der Waals surface area (Å²) < 4.78 is 15.9. The molecule has 4 aromatic rings. The van der Waals surface area contributed by atoms with E-state index < -0.39 is 5.97 Å². The summed E-state index contributed by atoms with van der Waals surface area (Å²) in [5.74, 6) is -1.27. The van der Waals surface area contributed by atoms with Crippen molar-refractivity contribution < 1.29 is 19.1 Å². The van der Waals surface area contributed by atoms with Gasteiger partial charge in [-0.15, -0.1) is 0 Å². The van der Waals surface area contributed by atoms with Crippen molar-refractivity contribution in [1.82, 2.24) is 14.5 Å². The molecular formula is C27H24FN3O3. The maximum Gasteiger partial charge on any atom is 0.335 e. The number of pyridine rings is 1. The van der Waals surface area contributed by atoms with Crippen LogP contribution in [0.4, 0.5) is 4.39 Å². The molecule has 6 nitrogen and oxygen atoms in total. The Morgan fingerprint density at radius 1 is 1.12 bits per heavy atom. The summed E-state index contributed by atoms with van der Waals surface area (Å²) in [6.45, 7) is 3.35. The highest BCUT2D eigenvalue weighted by Gasteiger charge is 2.27. The van der Waals surface area contributed by atoms with Crippen LogP contribution in [0.3, 0.4) is 0 Å². The number of carbonyl (C=O) groups is 2. The topological polar surface area (TPSA) is 75.4 Å². The number of benzene rings is 2. The van der Waals surface area contributed by atoms with E-state index in [2.05, 4.69) is 9.55 Å². The molecule has 1 N–H and O–H groups in total. The molecular weight excluding hydrogens is 433 g/mol. The fourth-order valence-corrected chi connectivity index (χ4v) is 4.76. The molecule has 0 atom stereocenters. The van der Waals surface area contributed by atoms with E-state index in [9.17, 15) is 19.1 Å². The van der Waals surface area contributed by atoms with Gasteiger partial charge in [-0.25, -0.2) is 14.2 Å². The lowest BCUT2D eigenvalue weighted by atomic mass is 10.0. The third-order valence-corrected chi connectivity index (χ3v) is 6.53. The molecule has 1 amide bonds. The molecule has 0 aliphatic carbocycles. The first-order valence-corrected chi connectivity index (χ1v) is 11.2. The van der Waals surface area contributed by atoms with E-state index in [0.29, 0.717) is 19.6 Å². The normalized spacial score (nSPS) is 13.2. The van der Waals surface area contributed by atoms with E-state index in [-0.39, 0.29) is 23.7 Å². The van der Waals surface area contributed by atoms with E-state index in [1.165, 1.54) is 23.8 Å². The minimum absolute atomic E-state index is 0.00709. The van der Waals surface area contributed by atoms with Crippen molar-refractivity contribution in [3.8, 4) is 0 Å². The number of hydrogen-bond acceptors (Lipinski definition) is 3. The number of rotatable bonds is 5. The molecule has 0 saturated carbocycles. The Labute approximate surface area is 196 Å². The summed E-state index contributed by atoms with van der Waals surface area (Å²) in [5, 5.41) is 10.3. The van der Waals surface area contributed by atoms with Gasteiger partial charge in [-0.2, -0.15) is 0 Å². The molecule has 0 saturated heterocycles. The van der Waals surface area contributed by atoms with Crippen LogP contribution in [-0.4, -0.2) is 38.0 Å². The summed E-state index contributed by atoms with van der Waals surface area (Å²) in [4.78, 5) is 30.9. The van der Waals surface area contributed by atoms with E-state index >= 15 is 0 Å². The number of amides is 1. The number of aromatic carboxylic acids is 1. The zero-order valence-electron chi connectivity index (χ0n) is 18.8. The molecule has 3 heterocycles. The van der Waals surface area contributed by atoms with Gasteiger partial charge < -0.3 is 14.6 Å². The number of halogens is 1. The first-order valence-electron chi connectivity index (χ1n) is 11.2. The van der Waals surface area contributed by atoms with Gasteiger partial charge in [0.25, 0.3) is 0 Å². The number of aromatic nitrogens is 2. The second kappa shape index (κ2) is 8.74. The second-order valence-corrected chi connectivity index (χ2v) is 8.70. The molecule has 0 spiro atoms. The number of nitrogens with zero attached hydrogens (tertiary/aromatic N) is 3. The van der Waals surface area contributed by atoms with Gasteiger partial charge in [0, 0.05) is 30.4 Å². The van der Waals surface area contributed by atoms with E-state index in [4.69, 9.17) is 0 Å². The van der Waals surface area contributed by atoms with Gasteiger partial charge in [0.15, 0.2) is 0 Å². The van der Waals surface area contributed by atoms with Crippen LogP contribution in [0.15, 0.2) is 60.8 Å². The maximum atomic E-state index is 13.8. The van der Waals surface area contributed by atoms with Crippen LogP contribution in [0.5, 0.6) is 0 Å². The number of fused-ring (bicyclic) bond motifs is 3. The predicted octanol–water partition coefficient (Wildman–Crippen LogP) is 4.36. The van der Waals surface area contributed by atoms with Crippen LogP contribution in [0, 0.1) is 12.7 Å². The number of carboxylic acid groups (broad SMARTS) is 1. The molecule has 1 aliphatic heterocycles. The van der Waals surface area contributed by atoms with Gasteiger partial charge in [0.1, 0.15) is 11.5 Å². The predicted molar refractivity (Wildman–Crippen MR) is 126 cm³/mol. The first kappa shape index (κ1) is 21.8. The molecule has 0 radical (unpaired) electrons. The Morgan fingerprint density at radius 3 is 2.74 bits per heavy atom. The van der Waals surface area contributed by atoms with Crippen LogP contribution in [0.1, 0.15) is 38.3 Å². The third kappa shape index (κ3) is 4.05. The van der Waals surface area contributed by atoms with Crippen molar-refractivity contribution in [2.75, 3.05) is 6.54 Å². The zero-order valence-corrected chi connectivity index (χ0v) is 18.8. The van der Waals surface area contributed by atoms with Crippen LogP contribution in [0.25, 0.3) is 11.0 Å². The minimum atomic E-state index is -0.982. The van der Waals surface area contributed by atoms with Crippen LogP contribution in [0.2, 0.25) is 0 Å². The molecule has 0 fully saturated rings. The molecule has 5 rings (SSSR count). The number of carboxylic acids is 1. The standard InChI is InChI=1S/C27H24FN3O3/c1-17-12-20(27(33)34)8-7-19(17)14-25(32)30-11-9-22-23-6-3-10-29-26(23)31(24(22)16-30)15-18-4-2-5-21(28)13-18/h2-8,10,12-13H,9,11,14-16H2,1H3,(H,33,34). The van der Waals surface area contributed by atoms with Crippen molar-refractivity contribution >= 4 is 22.9 Å². The molecule has 2 aromatic carbocycles. The van der Waals surface area contributed by atoms with Gasteiger partial charge >= 0.3 is 5.97 Å². The monoisotopic (exact) mass is 457 g/mol. The van der Waals surface area contributed by atoms with Gasteiger partial charge in [0.05, 0.1) is 18.5 Å². The largest absolute Gasteiger partial charge is 0.478 e. The highest BCUT2D eigenvalue weighted by Crippen LogP contribution is 2.31. The Morgan fingerprint density at radius 2 is 1.97 bits per heavy atom. The van der Waals surface area contributed by atoms with Crippen molar-refractivity contribution in [1.29, 1.82) is 0 Å². The van der Waals surface area contributed by atoms with Crippen molar-refractivity contribution in [3.05, 3.63) is 100 Å². The summed E-state index contributed by atoms with van der Waals surface area (Å²) in [6.07, 6.45) is 2.68. The molecule has 34 heavy (non-hydrogen) atoms. The summed E-state index contributed by atoms with van der Waals surface area (Å²) in [7, 11) is 0. The van der Waals surface area contributed by atoms with Gasteiger partial charge in [0.2, 0.25) is 5.91 Å². The average molecular weight is 458 g/mol. The molecule has 7 heteroatoms. The van der Waals surface area contributed by atoms with Gasteiger partial charge in [-0.05, 0) is 72.0 Å². The molecule has 0 unspecified atom stereocenters. The lowest BCUT2D eigenvalue weighted by Gasteiger charge is -2.29. The van der Waals surface area contributed by atoms with Crippen LogP contribution < -0.4 is 0 Å². The summed E-state index contributed by atoms with van der Waals surface area (Å²) >= 11 is 0. The average Bonchev–Trinajstić information content (AvgIpc) is 3.13. The Balaban J connectivity index is 1.44. The van der Waals surface area contributed by atoms with Crippen molar-refractivity contribution in [2.24, 2.45) is 0 Å².